The second-order valence-electron chi connectivity index (χ2n) is 3.67. The van der Waals surface area contributed by atoms with Gasteiger partial charge >= 0.3 is 12.1 Å². The highest BCUT2D eigenvalue weighted by molar-refractivity contribution is 7.91. The number of methoxy groups -OCH3 is 1. The molecule has 19 heavy (non-hydrogen) atoms. The highest BCUT2D eigenvalue weighted by Gasteiger charge is 2.30. The summed E-state index contributed by atoms with van der Waals surface area (Å²) in [7, 11) is -2.68. The van der Waals surface area contributed by atoms with Crippen LogP contribution in [0.15, 0.2) is 29.2 Å². The van der Waals surface area contributed by atoms with Gasteiger partial charge in [-0.15, -0.1) is 0 Å². The van der Waals surface area contributed by atoms with E-state index in [1.54, 1.807) is 0 Å². The Morgan fingerprint density at radius 3 is 2.16 bits per heavy atom. The second-order valence-corrected chi connectivity index (χ2v) is 5.78. The lowest BCUT2D eigenvalue weighted by molar-refractivity contribution is -0.140. The van der Waals surface area contributed by atoms with Crippen LogP contribution in [-0.2, 0) is 25.5 Å². The van der Waals surface area contributed by atoms with E-state index in [0.29, 0.717) is 12.1 Å². The number of carbonyl (C=O) groups is 1. The van der Waals surface area contributed by atoms with Crippen molar-refractivity contribution in [3.05, 3.63) is 29.8 Å². The van der Waals surface area contributed by atoms with Crippen molar-refractivity contribution in [3.63, 3.8) is 0 Å². The van der Waals surface area contributed by atoms with E-state index in [9.17, 15) is 26.4 Å². The quantitative estimate of drug-likeness (QED) is 0.798. The molecule has 0 atom stereocenters. The van der Waals surface area contributed by atoms with Gasteiger partial charge in [0.15, 0.2) is 9.84 Å². The van der Waals surface area contributed by atoms with Gasteiger partial charge in [-0.25, -0.2) is 8.42 Å². The van der Waals surface area contributed by atoms with Crippen LogP contribution >= 0.6 is 0 Å². The third kappa shape index (κ3) is 4.23. The predicted octanol–water partition coefficient (Wildman–Crippen LogP) is 2.04. The summed E-state index contributed by atoms with van der Waals surface area (Å²) in [6.07, 6.45) is -4.87. The van der Waals surface area contributed by atoms with Crippen LogP contribution < -0.4 is 0 Å². The van der Waals surface area contributed by atoms with E-state index in [-0.39, 0.29) is 11.3 Å². The maximum absolute atomic E-state index is 12.3. The minimum absolute atomic E-state index is 0.260. The molecule has 0 bridgehead atoms. The molecule has 1 aromatic carbocycles. The first-order valence-electron chi connectivity index (χ1n) is 5.13. The van der Waals surface area contributed by atoms with Crippen molar-refractivity contribution in [3.8, 4) is 0 Å². The SMILES string of the molecule is COC(=O)CCS(=O)(=O)c1ccc(C(F)(F)F)cc1. The minimum Gasteiger partial charge on any atom is -0.469 e. The molecular weight excluding hydrogens is 285 g/mol. The molecule has 8 heteroatoms. The Morgan fingerprint density at radius 2 is 1.74 bits per heavy atom. The molecule has 0 aliphatic heterocycles. The molecule has 0 aliphatic rings. The zero-order chi connectivity index (χ0) is 14.7. The van der Waals surface area contributed by atoms with Gasteiger partial charge in [0, 0.05) is 0 Å². The number of sulfone groups is 1. The smallest absolute Gasteiger partial charge is 0.416 e. The molecule has 0 N–H and O–H groups in total. The summed E-state index contributed by atoms with van der Waals surface area (Å²) in [4.78, 5) is 10.6. The lowest BCUT2D eigenvalue weighted by Gasteiger charge is -2.08. The summed E-state index contributed by atoms with van der Waals surface area (Å²) in [6, 6.07) is 3.11. The van der Waals surface area contributed by atoms with Gasteiger partial charge in [-0.05, 0) is 24.3 Å². The molecule has 4 nitrogen and oxygen atoms in total. The highest BCUT2D eigenvalue weighted by Crippen LogP contribution is 2.29. The van der Waals surface area contributed by atoms with Gasteiger partial charge in [0.2, 0.25) is 0 Å². The molecule has 0 aliphatic carbocycles. The van der Waals surface area contributed by atoms with Crippen molar-refractivity contribution < 1.29 is 31.1 Å². The average Bonchev–Trinajstić information content (AvgIpc) is 2.35. The summed E-state index contributed by atoms with van der Waals surface area (Å²) >= 11 is 0. The van der Waals surface area contributed by atoms with E-state index in [0.717, 1.165) is 19.2 Å². The first-order valence-corrected chi connectivity index (χ1v) is 6.79. The van der Waals surface area contributed by atoms with Gasteiger partial charge in [-0.3, -0.25) is 4.79 Å². The number of hydrogen-bond donors (Lipinski definition) is 0. The van der Waals surface area contributed by atoms with E-state index in [4.69, 9.17) is 0 Å². The maximum Gasteiger partial charge on any atom is 0.416 e. The Hall–Kier alpha value is -1.57. The number of esters is 1. The Balaban J connectivity index is 2.88. The fourth-order valence-electron chi connectivity index (χ4n) is 1.29. The van der Waals surface area contributed by atoms with Crippen LogP contribution in [0.4, 0.5) is 13.2 Å². The minimum atomic E-state index is -4.52. The largest absolute Gasteiger partial charge is 0.469 e. The molecule has 0 heterocycles. The van der Waals surface area contributed by atoms with Crippen LogP contribution in [0, 0.1) is 0 Å². The molecule has 0 spiro atoms. The van der Waals surface area contributed by atoms with Crippen molar-refractivity contribution >= 4 is 15.8 Å². The molecule has 0 radical (unpaired) electrons. The van der Waals surface area contributed by atoms with Crippen LogP contribution in [0.25, 0.3) is 0 Å². The van der Waals surface area contributed by atoms with Crippen LogP contribution in [0.1, 0.15) is 12.0 Å². The molecule has 0 amide bonds. The van der Waals surface area contributed by atoms with Crippen LogP contribution in [-0.4, -0.2) is 27.2 Å². The van der Waals surface area contributed by atoms with Crippen LogP contribution in [0.3, 0.4) is 0 Å². The average molecular weight is 296 g/mol. The van der Waals surface area contributed by atoms with Crippen LogP contribution in [0.5, 0.6) is 0 Å². The molecule has 0 unspecified atom stereocenters. The molecule has 0 saturated heterocycles. The van der Waals surface area contributed by atoms with Crippen molar-refractivity contribution in [1.82, 2.24) is 0 Å². The predicted molar refractivity (Wildman–Crippen MR) is 60.1 cm³/mol. The molecule has 1 rings (SSSR count). The number of halogens is 3. The number of carbonyl (C=O) groups excluding carboxylic acids is 1. The monoisotopic (exact) mass is 296 g/mol. The zero-order valence-corrected chi connectivity index (χ0v) is 10.7. The molecular formula is C11H11F3O4S. The maximum atomic E-state index is 12.3. The summed E-state index contributed by atoms with van der Waals surface area (Å²) in [6.45, 7) is 0. The first kappa shape index (κ1) is 15.5. The van der Waals surface area contributed by atoms with E-state index >= 15 is 0 Å². The van der Waals surface area contributed by atoms with Gasteiger partial charge in [0.1, 0.15) is 0 Å². The van der Waals surface area contributed by atoms with E-state index in [2.05, 4.69) is 4.74 Å². The molecule has 0 aromatic heterocycles. The topological polar surface area (TPSA) is 60.4 Å². The van der Waals surface area contributed by atoms with Crippen molar-refractivity contribution in [2.45, 2.75) is 17.5 Å². The van der Waals surface area contributed by atoms with Crippen molar-refractivity contribution in [2.24, 2.45) is 0 Å². The van der Waals surface area contributed by atoms with Gasteiger partial charge in [-0.2, -0.15) is 13.2 Å². The normalized spacial score (nSPS) is 12.2. The Morgan fingerprint density at radius 1 is 1.21 bits per heavy atom. The van der Waals surface area contributed by atoms with Gasteiger partial charge in [-0.1, -0.05) is 0 Å². The summed E-state index contributed by atoms with van der Waals surface area (Å²) in [5.74, 6) is -1.21. The lowest BCUT2D eigenvalue weighted by atomic mass is 10.2. The van der Waals surface area contributed by atoms with Gasteiger partial charge in [0.05, 0.1) is 29.7 Å². The number of benzene rings is 1. The number of hydrogen-bond acceptors (Lipinski definition) is 4. The Labute approximate surface area is 108 Å². The number of ether oxygens (including phenoxy) is 1. The Kier molecular flexibility index (Phi) is 4.56. The summed E-state index contributed by atoms with van der Waals surface area (Å²) in [5, 5.41) is 0. The highest BCUT2D eigenvalue weighted by atomic mass is 32.2. The van der Waals surface area contributed by atoms with Gasteiger partial charge < -0.3 is 4.74 Å². The number of rotatable bonds is 4. The van der Waals surface area contributed by atoms with Crippen molar-refractivity contribution in [1.29, 1.82) is 0 Å². The number of alkyl halides is 3. The standard InChI is InChI=1S/C11H11F3O4S/c1-18-10(15)6-7-19(16,17)9-4-2-8(3-5-9)11(12,13)14/h2-5H,6-7H2,1H3. The molecule has 0 saturated carbocycles. The van der Waals surface area contributed by atoms with E-state index in [1.807, 2.05) is 0 Å². The molecule has 0 fully saturated rings. The third-order valence-corrected chi connectivity index (χ3v) is 4.08. The second kappa shape index (κ2) is 5.60. The molecule has 106 valence electrons. The van der Waals surface area contributed by atoms with E-state index in [1.165, 1.54) is 0 Å². The van der Waals surface area contributed by atoms with Crippen molar-refractivity contribution in [2.75, 3.05) is 12.9 Å². The molecule has 1 aromatic rings. The third-order valence-electron chi connectivity index (χ3n) is 2.34. The Bertz CT molecular complexity index is 546. The first-order chi connectivity index (χ1) is 8.66. The lowest BCUT2D eigenvalue weighted by Crippen LogP contribution is -2.13. The summed E-state index contributed by atoms with van der Waals surface area (Å²) < 4.78 is 64.7. The zero-order valence-electron chi connectivity index (χ0n) is 9.90. The fourth-order valence-corrected chi connectivity index (χ4v) is 2.51. The fraction of sp³-hybridized carbons (Fsp3) is 0.364. The van der Waals surface area contributed by atoms with Gasteiger partial charge in [0.25, 0.3) is 0 Å². The summed E-state index contributed by atoms with van der Waals surface area (Å²) in [5.41, 5.74) is -0.931. The van der Waals surface area contributed by atoms with E-state index < -0.39 is 33.3 Å². The van der Waals surface area contributed by atoms with Crippen LogP contribution in [0.2, 0.25) is 0 Å².